The van der Waals surface area contributed by atoms with Gasteiger partial charge in [0.05, 0.1) is 38.8 Å². The van der Waals surface area contributed by atoms with E-state index in [0.717, 1.165) is 12.3 Å². The van der Waals surface area contributed by atoms with Crippen LogP contribution in [0.3, 0.4) is 0 Å². The number of ether oxygens (including phenoxy) is 6. The first kappa shape index (κ1) is 29.8. The summed E-state index contributed by atoms with van der Waals surface area (Å²) >= 11 is 0. The van der Waals surface area contributed by atoms with Gasteiger partial charge in [-0.3, -0.25) is 0 Å². The molecule has 10 unspecified atom stereocenters. The zero-order chi connectivity index (χ0) is 29.1. The fourth-order valence-corrected chi connectivity index (χ4v) is 5.39. The van der Waals surface area contributed by atoms with Gasteiger partial charge in [-0.1, -0.05) is 13.0 Å². The lowest BCUT2D eigenvalue weighted by Crippen LogP contribution is -2.61. The average Bonchev–Trinajstić information content (AvgIpc) is 3.25. The Morgan fingerprint density at radius 1 is 1.07 bits per heavy atom. The van der Waals surface area contributed by atoms with Crippen molar-refractivity contribution in [3.05, 3.63) is 41.7 Å². The second kappa shape index (κ2) is 12.5. The highest BCUT2D eigenvalue weighted by atomic mass is 16.8. The van der Waals surface area contributed by atoms with Crippen LogP contribution in [0, 0.1) is 17.8 Å². The fraction of sp³-hybridized carbons (Fsp3) is 0.556. The number of carbonyl (C=O) groups is 2. The second-order valence-corrected chi connectivity index (χ2v) is 9.92. The van der Waals surface area contributed by atoms with Gasteiger partial charge in [-0.05, 0) is 36.1 Å². The van der Waals surface area contributed by atoms with Crippen LogP contribution in [0.1, 0.15) is 18.9 Å². The van der Waals surface area contributed by atoms with Crippen LogP contribution in [-0.2, 0) is 28.5 Å². The number of aliphatic hydroxyl groups excluding tert-OH is 4. The van der Waals surface area contributed by atoms with Gasteiger partial charge in [0, 0.05) is 17.9 Å². The molecule has 0 bridgehead atoms. The Morgan fingerprint density at radius 2 is 1.80 bits per heavy atom. The van der Waals surface area contributed by atoms with Gasteiger partial charge in [-0.2, -0.15) is 0 Å². The molecule has 40 heavy (non-hydrogen) atoms. The van der Waals surface area contributed by atoms with Crippen molar-refractivity contribution in [2.24, 2.45) is 17.8 Å². The van der Waals surface area contributed by atoms with E-state index in [2.05, 4.69) is 0 Å². The molecule has 0 aromatic heterocycles. The zero-order valence-electron chi connectivity index (χ0n) is 22.2. The summed E-state index contributed by atoms with van der Waals surface area (Å²) in [6, 6.07) is 4.97. The number of aliphatic carboxylic acids is 1. The highest BCUT2D eigenvalue weighted by Gasteiger charge is 2.54. The van der Waals surface area contributed by atoms with E-state index in [1.165, 1.54) is 20.3 Å². The molecular formula is C27H34O13. The lowest BCUT2D eigenvalue weighted by Gasteiger charge is -2.44. The van der Waals surface area contributed by atoms with Crippen molar-refractivity contribution in [3.8, 4) is 11.5 Å². The molecule has 2 heterocycles. The average molecular weight is 567 g/mol. The van der Waals surface area contributed by atoms with Crippen molar-refractivity contribution in [2.75, 3.05) is 20.8 Å². The van der Waals surface area contributed by atoms with Crippen LogP contribution < -0.4 is 9.47 Å². The van der Waals surface area contributed by atoms with Crippen molar-refractivity contribution in [1.82, 2.24) is 0 Å². The van der Waals surface area contributed by atoms with Crippen LogP contribution in [-0.4, -0.2) is 101 Å². The molecule has 1 aromatic rings. The van der Waals surface area contributed by atoms with Crippen molar-refractivity contribution in [1.29, 1.82) is 0 Å². The van der Waals surface area contributed by atoms with E-state index in [-0.39, 0.29) is 12.0 Å². The Balaban J connectivity index is 1.53. The summed E-state index contributed by atoms with van der Waals surface area (Å²) < 4.78 is 33.1. The number of fused-ring (bicyclic) bond motifs is 1. The van der Waals surface area contributed by atoms with E-state index in [1.54, 1.807) is 25.1 Å². The molecule has 220 valence electrons. The monoisotopic (exact) mass is 566 g/mol. The summed E-state index contributed by atoms with van der Waals surface area (Å²) in [4.78, 5) is 24.5. The minimum absolute atomic E-state index is 0.00946. The molecule has 5 N–H and O–H groups in total. The molecule has 1 saturated carbocycles. The minimum atomic E-state index is -1.70. The Morgan fingerprint density at radius 3 is 2.45 bits per heavy atom. The largest absolute Gasteiger partial charge is 0.493 e. The number of hydrogen-bond acceptors (Lipinski definition) is 12. The Hall–Kier alpha value is -3.20. The van der Waals surface area contributed by atoms with Crippen LogP contribution in [0.25, 0.3) is 6.08 Å². The van der Waals surface area contributed by atoms with Crippen LogP contribution in [0.4, 0.5) is 0 Å². The molecule has 1 aromatic carbocycles. The molecule has 3 aliphatic rings. The van der Waals surface area contributed by atoms with Crippen LogP contribution >= 0.6 is 0 Å². The van der Waals surface area contributed by atoms with Gasteiger partial charge in [0.1, 0.15) is 18.3 Å². The van der Waals surface area contributed by atoms with Gasteiger partial charge in [-0.15, -0.1) is 0 Å². The van der Waals surface area contributed by atoms with Crippen molar-refractivity contribution < 1.29 is 63.5 Å². The molecule has 13 heteroatoms. The summed E-state index contributed by atoms with van der Waals surface area (Å²) in [5.41, 5.74) is 0.574. The van der Waals surface area contributed by atoms with Gasteiger partial charge < -0.3 is 54.0 Å². The molecular weight excluding hydrogens is 532 g/mol. The van der Waals surface area contributed by atoms with Crippen molar-refractivity contribution >= 4 is 18.0 Å². The third-order valence-electron chi connectivity index (χ3n) is 7.63. The molecule has 0 spiro atoms. The Labute approximate surface area is 230 Å². The molecule has 2 aliphatic heterocycles. The van der Waals surface area contributed by atoms with Gasteiger partial charge in [0.2, 0.25) is 12.6 Å². The topological polar surface area (TPSA) is 191 Å². The van der Waals surface area contributed by atoms with Gasteiger partial charge in [0.15, 0.2) is 17.6 Å². The molecule has 13 nitrogen and oxygen atoms in total. The summed E-state index contributed by atoms with van der Waals surface area (Å²) in [6.07, 6.45) is -5.83. The number of aliphatic hydroxyl groups is 4. The molecule has 1 saturated heterocycles. The van der Waals surface area contributed by atoms with E-state index in [0.29, 0.717) is 17.1 Å². The lowest BCUT2D eigenvalue weighted by molar-refractivity contribution is -0.343. The van der Waals surface area contributed by atoms with Gasteiger partial charge >= 0.3 is 11.9 Å². The summed E-state index contributed by atoms with van der Waals surface area (Å²) in [5, 5.41) is 50.8. The highest BCUT2D eigenvalue weighted by Crippen LogP contribution is 2.47. The number of carbonyl (C=O) groups excluding carboxylic acids is 1. The smallest absolute Gasteiger partial charge is 0.334 e. The maximum absolute atomic E-state index is 12.7. The van der Waals surface area contributed by atoms with Gasteiger partial charge in [-0.25, -0.2) is 9.59 Å². The number of carboxylic acid groups (broad SMARTS) is 1. The number of methoxy groups -OCH3 is 2. The van der Waals surface area contributed by atoms with Crippen molar-refractivity contribution in [2.45, 2.75) is 56.4 Å². The number of carboxylic acids is 1. The Bertz CT molecular complexity index is 1130. The standard InChI is InChI=1S/C27H34O13/c1-12-16(29)9-14-15(25(33)34)11-37-26(21(12)14)40-27-24(23(32)22(31)19(10-28)38-27)39-20(30)7-5-13-4-6-17(35-2)18(8-13)36-3/h4-8,11-12,14,16,19,21-24,26-29,31-32H,9-10H2,1-3H3,(H,33,34). The highest BCUT2D eigenvalue weighted by molar-refractivity contribution is 5.87. The van der Waals surface area contributed by atoms with Crippen LogP contribution in [0.5, 0.6) is 11.5 Å². The first-order chi connectivity index (χ1) is 19.1. The number of esters is 1. The third-order valence-corrected chi connectivity index (χ3v) is 7.63. The molecule has 4 rings (SSSR count). The molecule has 0 amide bonds. The van der Waals surface area contributed by atoms with Crippen LogP contribution in [0.2, 0.25) is 0 Å². The predicted octanol–water partition coefficient (Wildman–Crippen LogP) is 0.0423. The normalized spacial score (nSPS) is 35.4. The van der Waals surface area contributed by atoms with Gasteiger partial charge in [0.25, 0.3) is 0 Å². The van der Waals surface area contributed by atoms with Crippen LogP contribution in [0.15, 0.2) is 36.1 Å². The van der Waals surface area contributed by atoms with E-state index >= 15 is 0 Å². The first-order valence-corrected chi connectivity index (χ1v) is 12.7. The fourth-order valence-electron chi connectivity index (χ4n) is 5.39. The van der Waals surface area contributed by atoms with E-state index in [1.807, 2.05) is 0 Å². The second-order valence-electron chi connectivity index (χ2n) is 9.92. The zero-order valence-corrected chi connectivity index (χ0v) is 22.2. The quantitative estimate of drug-likeness (QED) is 0.199. The predicted molar refractivity (Wildman–Crippen MR) is 135 cm³/mol. The SMILES string of the molecule is COc1ccc(C=CC(=O)OC2C(OC3OC=C(C(=O)O)C4CC(O)C(C)C34)OC(CO)C(O)C2O)cc1OC. The molecule has 10 atom stereocenters. The maximum atomic E-state index is 12.7. The summed E-state index contributed by atoms with van der Waals surface area (Å²) in [7, 11) is 2.96. The van der Waals surface area contributed by atoms with Crippen molar-refractivity contribution in [3.63, 3.8) is 0 Å². The number of benzene rings is 1. The van der Waals surface area contributed by atoms with E-state index < -0.39 is 79.4 Å². The molecule has 0 radical (unpaired) electrons. The third kappa shape index (κ3) is 5.94. The number of hydrogen-bond donors (Lipinski definition) is 5. The lowest BCUT2D eigenvalue weighted by atomic mass is 9.83. The maximum Gasteiger partial charge on any atom is 0.334 e. The molecule has 1 aliphatic carbocycles. The molecule has 2 fully saturated rings. The summed E-state index contributed by atoms with van der Waals surface area (Å²) in [5.74, 6) is -2.75. The summed E-state index contributed by atoms with van der Waals surface area (Å²) in [6.45, 7) is 1.06. The minimum Gasteiger partial charge on any atom is -0.493 e. The van der Waals surface area contributed by atoms with E-state index in [9.17, 15) is 35.1 Å². The Kier molecular flexibility index (Phi) is 9.33. The van der Waals surface area contributed by atoms with E-state index in [4.69, 9.17) is 28.4 Å². The number of rotatable bonds is 9. The first-order valence-electron chi connectivity index (χ1n) is 12.7.